The SMILES string of the molecule is O=C(O)C1CN(Cc2cccc(F)c2)CC12CCN(Cc1cccnc1)CC2. The van der Waals surface area contributed by atoms with E-state index in [4.69, 9.17) is 0 Å². The molecule has 3 heterocycles. The van der Waals surface area contributed by atoms with E-state index in [1.165, 1.54) is 17.7 Å². The molecule has 1 aromatic carbocycles. The molecule has 0 bridgehead atoms. The van der Waals surface area contributed by atoms with E-state index in [1.54, 1.807) is 12.3 Å². The number of carbonyl (C=O) groups is 1. The Morgan fingerprint density at radius 2 is 1.89 bits per heavy atom. The van der Waals surface area contributed by atoms with Gasteiger partial charge in [-0.15, -0.1) is 0 Å². The highest BCUT2D eigenvalue weighted by Gasteiger charge is 2.51. The average Bonchev–Trinajstić information content (AvgIpc) is 3.03. The van der Waals surface area contributed by atoms with E-state index in [-0.39, 0.29) is 17.2 Å². The Hall–Kier alpha value is -2.31. The van der Waals surface area contributed by atoms with Crippen molar-refractivity contribution in [1.29, 1.82) is 0 Å². The van der Waals surface area contributed by atoms with Gasteiger partial charge in [0.05, 0.1) is 5.92 Å². The summed E-state index contributed by atoms with van der Waals surface area (Å²) in [4.78, 5) is 20.7. The molecule has 1 spiro atoms. The van der Waals surface area contributed by atoms with E-state index in [0.29, 0.717) is 13.1 Å². The van der Waals surface area contributed by atoms with Crippen molar-refractivity contribution in [3.63, 3.8) is 0 Å². The summed E-state index contributed by atoms with van der Waals surface area (Å²) in [6.45, 7) is 4.55. The number of piperidine rings is 1. The van der Waals surface area contributed by atoms with Gasteiger partial charge in [0, 0.05) is 44.0 Å². The predicted molar refractivity (Wildman–Crippen MR) is 104 cm³/mol. The molecule has 5 nitrogen and oxygen atoms in total. The minimum atomic E-state index is -0.706. The van der Waals surface area contributed by atoms with Crippen LogP contribution in [0.15, 0.2) is 48.8 Å². The lowest BCUT2D eigenvalue weighted by atomic mass is 9.71. The molecule has 1 N–H and O–H groups in total. The number of carboxylic acid groups (broad SMARTS) is 1. The Morgan fingerprint density at radius 3 is 2.57 bits per heavy atom. The van der Waals surface area contributed by atoms with Crippen molar-refractivity contribution in [2.45, 2.75) is 25.9 Å². The fraction of sp³-hybridized carbons (Fsp3) is 0.455. The topological polar surface area (TPSA) is 56.7 Å². The molecule has 2 fully saturated rings. The molecule has 2 aliphatic rings. The lowest BCUT2D eigenvalue weighted by Crippen LogP contribution is -2.45. The Labute approximate surface area is 164 Å². The first-order valence-electron chi connectivity index (χ1n) is 9.85. The van der Waals surface area contributed by atoms with Crippen molar-refractivity contribution in [1.82, 2.24) is 14.8 Å². The summed E-state index contributed by atoms with van der Waals surface area (Å²) >= 11 is 0. The van der Waals surface area contributed by atoms with Crippen LogP contribution in [-0.2, 0) is 17.9 Å². The highest BCUT2D eigenvalue weighted by molar-refractivity contribution is 5.72. The third kappa shape index (κ3) is 4.08. The van der Waals surface area contributed by atoms with E-state index >= 15 is 0 Å². The van der Waals surface area contributed by atoms with Gasteiger partial charge in [0.15, 0.2) is 0 Å². The van der Waals surface area contributed by atoms with Gasteiger partial charge in [0.2, 0.25) is 0 Å². The highest BCUT2D eigenvalue weighted by atomic mass is 19.1. The second-order valence-electron chi connectivity index (χ2n) is 8.19. The maximum absolute atomic E-state index is 13.5. The molecule has 2 saturated heterocycles. The number of hydrogen-bond acceptors (Lipinski definition) is 4. The van der Waals surface area contributed by atoms with E-state index in [9.17, 15) is 14.3 Å². The number of carboxylic acids is 1. The minimum Gasteiger partial charge on any atom is -0.481 e. The Kier molecular flexibility index (Phi) is 5.42. The van der Waals surface area contributed by atoms with Gasteiger partial charge in [-0.1, -0.05) is 18.2 Å². The standard InChI is InChI=1S/C22H26FN3O2/c23-19-5-1-3-17(11-19)13-26-15-20(21(27)28)22(16-26)6-9-25(10-7-22)14-18-4-2-8-24-12-18/h1-5,8,11-12,20H,6-7,9-10,13-16H2,(H,27,28). The molecule has 28 heavy (non-hydrogen) atoms. The van der Waals surface area contributed by atoms with E-state index < -0.39 is 5.97 Å². The number of nitrogens with zero attached hydrogens (tertiary/aromatic N) is 3. The quantitative estimate of drug-likeness (QED) is 0.860. The summed E-state index contributed by atoms with van der Waals surface area (Å²) in [6.07, 6.45) is 5.42. The van der Waals surface area contributed by atoms with Crippen LogP contribution in [0.25, 0.3) is 0 Å². The summed E-state index contributed by atoms with van der Waals surface area (Å²) in [5, 5.41) is 9.85. The average molecular weight is 383 g/mol. The maximum Gasteiger partial charge on any atom is 0.308 e. The van der Waals surface area contributed by atoms with Crippen LogP contribution >= 0.6 is 0 Å². The van der Waals surface area contributed by atoms with Gasteiger partial charge >= 0.3 is 5.97 Å². The van der Waals surface area contributed by atoms with E-state index in [2.05, 4.69) is 20.9 Å². The third-order valence-corrected chi connectivity index (χ3v) is 6.29. The summed E-state index contributed by atoms with van der Waals surface area (Å²) in [7, 11) is 0. The van der Waals surface area contributed by atoms with E-state index in [1.807, 2.05) is 18.3 Å². The van der Waals surface area contributed by atoms with Crippen LogP contribution in [0.2, 0.25) is 0 Å². The fourth-order valence-corrected chi connectivity index (χ4v) is 4.84. The number of aliphatic carboxylic acids is 1. The Morgan fingerprint density at radius 1 is 1.14 bits per heavy atom. The zero-order valence-electron chi connectivity index (χ0n) is 15.9. The van der Waals surface area contributed by atoms with Crippen molar-refractivity contribution in [2.24, 2.45) is 11.3 Å². The Balaban J connectivity index is 1.42. The second kappa shape index (κ2) is 7.97. The zero-order chi connectivity index (χ0) is 19.6. The summed E-state index contributed by atoms with van der Waals surface area (Å²) in [6, 6.07) is 10.6. The smallest absolute Gasteiger partial charge is 0.308 e. The maximum atomic E-state index is 13.5. The van der Waals surface area contributed by atoms with Gasteiger partial charge in [-0.25, -0.2) is 4.39 Å². The molecule has 0 radical (unpaired) electrons. The number of benzene rings is 1. The van der Waals surface area contributed by atoms with Crippen LogP contribution < -0.4 is 0 Å². The van der Waals surface area contributed by atoms with Crippen LogP contribution in [0.3, 0.4) is 0 Å². The van der Waals surface area contributed by atoms with Crippen molar-refractivity contribution < 1.29 is 14.3 Å². The normalized spacial score (nSPS) is 22.5. The van der Waals surface area contributed by atoms with Gasteiger partial charge < -0.3 is 5.11 Å². The van der Waals surface area contributed by atoms with Gasteiger partial charge in [-0.05, 0) is 55.3 Å². The Bertz CT molecular complexity index is 822. The van der Waals surface area contributed by atoms with Gasteiger partial charge in [-0.3, -0.25) is 19.6 Å². The van der Waals surface area contributed by atoms with Crippen LogP contribution in [0.5, 0.6) is 0 Å². The fourth-order valence-electron chi connectivity index (χ4n) is 4.84. The minimum absolute atomic E-state index is 0.190. The number of hydrogen-bond donors (Lipinski definition) is 1. The van der Waals surface area contributed by atoms with Gasteiger partial charge in [0.25, 0.3) is 0 Å². The number of halogens is 1. The lowest BCUT2D eigenvalue weighted by Gasteiger charge is -2.41. The summed E-state index contributed by atoms with van der Waals surface area (Å²) in [5.74, 6) is -1.31. The third-order valence-electron chi connectivity index (χ3n) is 6.29. The van der Waals surface area contributed by atoms with Gasteiger partial charge in [-0.2, -0.15) is 0 Å². The van der Waals surface area contributed by atoms with Crippen molar-refractivity contribution in [2.75, 3.05) is 26.2 Å². The molecule has 2 aliphatic heterocycles. The van der Waals surface area contributed by atoms with Crippen molar-refractivity contribution in [3.05, 3.63) is 65.7 Å². The molecular weight excluding hydrogens is 357 g/mol. The van der Waals surface area contributed by atoms with Gasteiger partial charge in [0.1, 0.15) is 5.82 Å². The predicted octanol–water partition coefficient (Wildman–Crippen LogP) is 3.02. The molecule has 0 aliphatic carbocycles. The molecule has 1 aromatic heterocycles. The first kappa shape index (κ1) is 19.0. The van der Waals surface area contributed by atoms with Crippen LogP contribution in [0, 0.1) is 17.2 Å². The number of rotatable bonds is 5. The molecule has 1 atom stereocenters. The summed E-state index contributed by atoms with van der Waals surface area (Å²) in [5.41, 5.74) is 1.90. The molecular formula is C22H26FN3O2. The van der Waals surface area contributed by atoms with Crippen LogP contribution in [-0.4, -0.2) is 52.0 Å². The molecule has 6 heteroatoms. The lowest BCUT2D eigenvalue weighted by molar-refractivity contribution is -0.146. The first-order chi connectivity index (χ1) is 13.5. The molecule has 1 unspecified atom stereocenters. The molecule has 148 valence electrons. The molecule has 4 rings (SSSR count). The number of aromatic nitrogens is 1. The number of likely N-dealkylation sites (tertiary alicyclic amines) is 2. The monoisotopic (exact) mass is 383 g/mol. The molecule has 0 amide bonds. The largest absolute Gasteiger partial charge is 0.481 e. The molecule has 2 aromatic rings. The van der Waals surface area contributed by atoms with Crippen molar-refractivity contribution in [3.8, 4) is 0 Å². The van der Waals surface area contributed by atoms with Crippen LogP contribution in [0.4, 0.5) is 4.39 Å². The second-order valence-corrected chi connectivity index (χ2v) is 8.19. The zero-order valence-corrected chi connectivity index (χ0v) is 15.9. The number of pyridine rings is 1. The van der Waals surface area contributed by atoms with E-state index in [0.717, 1.165) is 44.6 Å². The highest BCUT2D eigenvalue weighted by Crippen LogP contribution is 2.45. The van der Waals surface area contributed by atoms with Crippen LogP contribution in [0.1, 0.15) is 24.0 Å². The molecule has 0 saturated carbocycles. The van der Waals surface area contributed by atoms with Crippen molar-refractivity contribution >= 4 is 5.97 Å². The first-order valence-corrected chi connectivity index (χ1v) is 9.85. The summed E-state index contributed by atoms with van der Waals surface area (Å²) < 4.78 is 13.5.